The Bertz CT molecular complexity index is 379. The molecule has 1 amide bonds. The summed E-state index contributed by atoms with van der Waals surface area (Å²) in [6.07, 6.45) is 1.65. The van der Waals surface area contributed by atoms with Crippen LogP contribution in [-0.4, -0.2) is 32.6 Å². The van der Waals surface area contributed by atoms with Gasteiger partial charge in [-0.1, -0.05) is 25.6 Å². The number of hydrogen-bond donors (Lipinski definition) is 2. The van der Waals surface area contributed by atoms with Gasteiger partial charge in [-0.2, -0.15) is 0 Å². The summed E-state index contributed by atoms with van der Waals surface area (Å²) in [4.78, 5) is 11.5. The molecule has 96 valence electrons. The van der Waals surface area contributed by atoms with Crippen molar-refractivity contribution in [2.75, 3.05) is 11.6 Å². The van der Waals surface area contributed by atoms with Crippen molar-refractivity contribution >= 4 is 17.7 Å². The number of nitrogens with one attached hydrogen (secondary N) is 1. The third kappa shape index (κ3) is 3.92. The number of nitrogen functional groups attached to an aromatic ring is 1. The van der Waals surface area contributed by atoms with Gasteiger partial charge in [0.05, 0.1) is 5.75 Å². The van der Waals surface area contributed by atoms with Crippen LogP contribution in [0.5, 0.6) is 0 Å². The van der Waals surface area contributed by atoms with Crippen molar-refractivity contribution in [3.8, 4) is 0 Å². The minimum atomic E-state index is -0.00889. The van der Waals surface area contributed by atoms with Crippen molar-refractivity contribution in [2.45, 2.75) is 44.8 Å². The monoisotopic (exact) mass is 257 g/mol. The van der Waals surface area contributed by atoms with Gasteiger partial charge in [0, 0.05) is 12.5 Å². The minimum absolute atomic E-state index is 0.00889. The van der Waals surface area contributed by atoms with E-state index in [1.165, 1.54) is 16.4 Å². The molecule has 1 atom stereocenters. The second-order valence-corrected chi connectivity index (χ2v) is 4.73. The summed E-state index contributed by atoms with van der Waals surface area (Å²) in [5.74, 6) is 6.78. The maximum atomic E-state index is 11.5. The van der Waals surface area contributed by atoms with Crippen LogP contribution in [0.1, 0.15) is 33.0 Å². The fraction of sp³-hybridized carbons (Fsp3) is 0.700. The number of rotatable bonds is 6. The van der Waals surface area contributed by atoms with Crippen LogP contribution in [0.15, 0.2) is 5.16 Å². The number of amides is 1. The average Bonchev–Trinajstić information content (AvgIpc) is 2.67. The van der Waals surface area contributed by atoms with Gasteiger partial charge < -0.3 is 11.2 Å². The van der Waals surface area contributed by atoms with E-state index in [-0.39, 0.29) is 11.9 Å². The quantitative estimate of drug-likeness (QED) is 0.574. The Morgan fingerprint density at radius 3 is 2.76 bits per heavy atom. The molecule has 1 aromatic heterocycles. The lowest BCUT2D eigenvalue weighted by Crippen LogP contribution is -2.33. The lowest BCUT2D eigenvalue weighted by molar-refractivity contribution is -0.119. The fourth-order valence-electron chi connectivity index (χ4n) is 1.20. The molecule has 17 heavy (non-hydrogen) atoms. The van der Waals surface area contributed by atoms with E-state index in [1.54, 1.807) is 0 Å². The number of aromatic nitrogens is 3. The van der Waals surface area contributed by atoms with Crippen LogP contribution < -0.4 is 11.2 Å². The molecule has 6 nitrogen and oxygen atoms in total. The molecule has 1 unspecified atom stereocenters. The Hall–Kier alpha value is -1.24. The van der Waals surface area contributed by atoms with E-state index < -0.39 is 0 Å². The summed E-state index contributed by atoms with van der Waals surface area (Å²) in [6, 6.07) is 0.199. The number of thioether (sulfide) groups is 1. The molecule has 7 heteroatoms. The smallest absolute Gasteiger partial charge is 0.230 e. The van der Waals surface area contributed by atoms with Gasteiger partial charge >= 0.3 is 0 Å². The first-order valence-corrected chi connectivity index (χ1v) is 6.68. The highest BCUT2D eigenvalue weighted by Gasteiger charge is 2.11. The first-order valence-electron chi connectivity index (χ1n) is 5.70. The van der Waals surface area contributed by atoms with E-state index in [4.69, 9.17) is 5.84 Å². The van der Waals surface area contributed by atoms with Gasteiger partial charge in [0.2, 0.25) is 11.1 Å². The zero-order valence-electron chi connectivity index (χ0n) is 10.4. The molecule has 0 aromatic carbocycles. The third-order valence-corrected chi connectivity index (χ3v) is 3.35. The Balaban J connectivity index is 2.44. The molecule has 0 saturated heterocycles. The fourth-order valence-corrected chi connectivity index (χ4v) is 1.88. The summed E-state index contributed by atoms with van der Waals surface area (Å²) in [5, 5.41) is 11.3. The number of carbonyl (C=O) groups is 1. The predicted octanol–water partition coefficient (Wildman–Crippen LogP) is 0.561. The van der Waals surface area contributed by atoms with E-state index >= 15 is 0 Å². The number of nitrogens with two attached hydrogens (primary N) is 1. The highest BCUT2D eigenvalue weighted by atomic mass is 32.2. The van der Waals surface area contributed by atoms with E-state index in [0.717, 1.165) is 18.7 Å². The molecular formula is C10H19N5OS. The molecule has 0 aliphatic carbocycles. The Kier molecular flexibility index (Phi) is 5.27. The normalized spacial score (nSPS) is 12.4. The standard InChI is InChI=1S/C10H19N5OS/c1-4-7(3)12-9(16)6-17-10-14-13-8(5-2)15(10)11/h7H,4-6,11H2,1-3H3,(H,12,16). The second-order valence-electron chi connectivity index (χ2n) is 3.79. The summed E-state index contributed by atoms with van der Waals surface area (Å²) < 4.78 is 1.43. The molecule has 0 fully saturated rings. The second kappa shape index (κ2) is 6.48. The van der Waals surface area contributed by atoms with Gasteiger partial charge in [0.1, 0.15) is 0 Å². The Labute approximate surface area is 105 Å². The summed E-state index contributed by atoms with van der Waals surface area (Å²) in [7, 11) is 0. The molecule has 0 spiro atoms. The van der Waals surface area contributed by atoms with Crippen LogP contribution in [0.25, 0.3) is 0 Å². The van der Waals surface area contributed by atoms with Crippen molar-refractivity contribution < 1.29 is 4.79 Å². The SMILES string of the molecule is CCc1nnc(SCC(=O)NC(C)CC)n1N. The van der Waals surface area contributed by atoms with Gasteiger partial charge in [-0.3, -0.25) is 4.79 Å². The topological polar surface area (TPSA) is 85.8 Å². The molecular weight excluding hydrogens is 238 g/mol. The largest absolute Gasteiger partial charge is 0.353 e. The van der Waals surface area contributed by atoms with E-state index in [1.807, 2.05) is 20.8 Å². The maximum absolute atomic E-state index is 11.5. The van der Waals surface area contributed by atoms with Crippen molar-refractivity contribution in [1.82, 2.24) is 20.2 Å². The van der Waals surface area contributed by atoms with Gasteiger partial charge in [-0.15, -0.1) is 10.2 Å². The first-order chi connectivity index (χ1) is 8.08. The van der Waals surface area contributed by atoms with Crippen LogP contribution >= 0.6 is 11.8 Å². The molecule has 0 aliphatic heterocycles. The zero-order valence-corrected chi connectivity index (χ0v) is 11.3. The highest BCUT2D eigenvalue weighted by Crippen LogP contribution is 2.14. The van der Waals surface area contributed by atoms with Crippen LogP contribution in [-0.2, 0) is 11.2 Å². The highest BCUT2D eigenvalue weighted by molar-refractivity contribution is 7.99. The van der Waals surface area contributed by atoms with Gasteiger partial charge in [0.15, 0.2) is 5.82 Å². The predicted molar refractivity (Wildman–Crippen MR) is 68.2 cm³/mol. The summed E-state index contributed by atoms with van der Waals surface area (Å²) >= 11 is 1.30. The minimum Gasteiger partial charge on any atom is -0.353 e. The molecule has 0 aliphatic rings. The van der Waals surface area contributed by atoms with Crippen LogP contribution in [0.2, 0.25) is 0 Å². The van der Waals surface area contributed by atoms with E-state index in [0.29, 0.717) is 10.9 Å². The molecule has 1 aromatic rings. The van der Waals surface area contributed by atoms with Gasteiger partial charge in [-0.05, 0) is 13.3 Å². The van der Waals surface area contributed by atoms with Crippen molar-refractivity contribution in [3.05, 3.63) is 5.82 Å². The first kappa shape index (κ1) is 13.8. The van der Waals surface area contributed by atoms with Gasteiger partial charge in [0.25, 0.3) is 0 Å². The van der Waals surface area contributed by atoms with Crippen molar-refractivity contribution in [2.24, 2.45) is 0 Å². The van der Waals surface area contributed by atoms with E-state index in [2.05, 4.69) is 15.5 Å². The van der Waals surface area contributed by atoms with Crippen LogP contribution in [0, 0.1) is 0 Å². The van der Waals surface area contributed by atoms with Crippen molar-refractivity contribution in [1.29, 1.82) is 0 Å². The average molecular weight is 257 g/mol. The maximum Gasteiger partial charge on any atom is 0.230 e. The molecule has 0 radical (unpaired) electrons. The third-order valence-electron chi connectivity index (χ3n) is 2.40. The molecule has 1 rings (SSSR count). The van der Waals surface area contributed by atoms with Crippen LogP contribution in [0.3, 0.4) is 0 Å². The molecule has 1 heterocycles. The summed E-state index contributed by atoms with van der Waals surface area (Å²) in [5.41, 5.74) is 0. The lowest BCUT2D eigenvalue weighted by Gasteiger charge is -2.10. The Morgan fingerprint density at radius 1 is 1.53 bits per heavy atom. The van der Waals surface area contributed by atoms with Crippen molar-refractivity contribution in [3.63, 3.8) is 0 Å². The molecule has 3 N–H and O–H groups in total. The van der Waals surface area contributed by atoms with Crippen LogP contribution in [0.4, 0.5) is 0 Å². The summed E-state index contributed by atoms with van der Waals surface area (Å²) in [6.45, 7) is 5.96. The zero-order chi connectivity index (χ0) is 12.8. The number of nitrogens with zero attached hydrogens (tertiary/aromatic N) is 3. The molecule has 0 saturated carbocycles. The van der Waals surface area contributed by atoms with Gasteiger partial charge in [-0.25, -0.2) is 4.68 Å². The number of aryl methyl sites for hydroxylation is 1. The van der Waals surface area contributed by atoms with E-state index in [9.17, 15) is 4.79 Å². The lowest BCUT2D eigenvalue weighted by atomic mass is 10.3. The number of hydrogen-bond acceptors (Lipinski definition) is 5. The molecule has 0 bridgehead atoms. The number of carbonyl (C=O) groups excluding carboxylic acids is 1. The Morgan fingerprint density at radius 2 is 2.24 bits per heavy atom.